The molecule has 0 bridgehead atoms. The number of primary amides is 1. The molecule has 0 aliphatic rings. The summed E-state index contributed by atoms with van der Waals surface area (Å²) in [6.07, 6.45) is -0.911. The van der Waals surface area contributed by atoms with Gasteiger partial charge >= 0.3 is 11.9 Å². The second-order valence-corrected chi connectivity index (χ2v) is 16.1. The van der Waals surface area contributed by atoms with Crippen LogP contribution in [-0.4, -0.2) is 125 Å². The van der Waals surface area contributed by atoms with Gasteiger partial charge in [-0.15, -0.1) is 0 Å². The Kier molecular flexibility index (Phi) is 25.1. The quantitative estimate of drug-likeness (QED) is 0.0168. The number of nitrogens with two attached hydrogens (primary N) is 4. The predicted octanol–water partition coefficient (Wildman–Crippen LogP) is -2.27. The average molecular weight is 892 g/mol. The maximum absolute atomic E-state index is 13.7. The van der Waals surface area contributed by atoms with E-state index in [1.165, 1.54) is 13.8 Å². The molecule has 22 nitrogen and oxygen atoms in total. The number of carboxylic acids is 1. The number of rotatable bonds is 30. The fourth-order valence-corrected chi connectivity index (χ4v) is 5.97. The van der Waals surface area contributed by atoms with Gasteiger partial charge in [-0.3, -0.25) is 38.6 Å². The Labute approximate surface area is 368 Å². The third-order valence-corrected chi connectivity index (χ3v) is 9.59. The molecule has 63 heavy (non-hydrogen) atoms. The van der Waals surface area contributed by atoms with Gasteiger partial charge in [0, 0.05) is 13.0 Å². The van der Waals surface area contributed by atoms with Gasteiger partial charge in [0.2, 0.25) is 35.4 Å². The average Bonchev–Trinajstić information content (AvgIpc) is 3.20. The minimum atomic E-state index is -1.47. The van der Waals surface area contributed by atoms with Crippen molar-refractivity contribution in [2.45, 2.75) is 141 Å². The number of unbranched alkanes of at least 4 members (excludes halogenated alkanes) is 1. The molecule has 0 spiro atoms. The smallest absolute Gasteiger partial charge is 0.329 e. The number of carboxylic acid groups (broad SMARTS) is 1. The van der Waals surface area contributed by atoms with E-state index in [9.17, 15) is 48.6 Å². The molecule has 0 aliphatic carbocycles. The van der Waals surface area contributed by atoms with Crippen molar-refractivity contribution in [2.75, 3.05) is 13.1 Å². The number of hydrogen-bond donors (Lipinski definition) is 12. The van der Waals surface area contributed by atoms with Crippen LogP contribution in [0.3, 0.4) is 0 Å². The third-order valence-electron chi connectivity index (χ3n) is 9.59. The van der Waals surface area contributed by atoms with E-state index in [1.807, 2.05) is 0 Å². The summed E-state index contributed by atoms with van der Waals surface area (Å²) in [5.41, 5.74) is 22.8. The van der Waals surface area contributed by atoms with Crippen molar-refractivity contribution in [2.24, 2.45) is 39.8 Å². The Balaban J connectivity index is 3.17. The zero-order valence-corrected chi connectivity index (χ0v) is 37.1. The van der Waals surface area contributed by atoms with Crippen LogP contribution in [0.15, 0.2) is 35.3 Å². The Morgan fingerprint density at radius 2 is 1.29 bits per heavy atom. The van der Waals surface area contributed by atoms with Crippen LogP contribution in [0.4, 0.5) is 0 Å². The van der Waals surface area contributed by atoms with Crippen molar-refractivity contribution in [3.8, 4) is 0 Å². The molecule has 0 fully saturated rings. The summed E-state index contributed by atoms with van der Waals surface area (Å²) in [6.45, 7) is 9.61. The first-order chi connectivity index (χ1) is 29.5. The molecule has 0 aromatic heterocycles. The van der Waals surface area contributed by atoms with E-state index in [2.05, 4.69) is 36.9 Å². The largest absolute Gasteiger partial charge is 0.481 e. The van der Waals surface area contributed by atoms with Gasteiger partial charge in [-0.1, -0.05) is 58.0 Å². The predicted molar refractivity (Wildman–Crippen MR) is 233 cm³/mol. The zero-order valence-electron chi connectivity index (χ0n) is 37.1. The van der Waals surface area contributed by atoms with Crippen LogP contribution in [-0.2, 0) is 49.7 Å². The van der Waals surface area contributed by atoms with Gasteiger partial charge in [0.1, 0.15) is 42.9 Å². The number of aliphatic carboxylic acids is 1. The van der Waals surface area contributed by atoms with Gasteiger partial charge < -0.3 is 69.8 Å². The second-order valence-electron chi connectivity index (χ2n) is 16.1. The van der Waals surface area contributed by atoms with Gasteiger partial charge in [0.15, 0.2) is 5.96 Å². The fourth-order valence-electron chi connectivity index (χ4n) is 5.97. The normalized spacial score (nSPS) is 15.0. The lowest BCUT2D eigenvalue weighted by Gasteiger charge is -2.29. The first kappa shape index (κ1) is 55.1. The van der Waals surface area contributed by atoms with Gasteiger partial charge in [-0.2, -0.15) is 0 Å². The maximum atomic E-state index is 13.7. The number of esters is 1. The summed E-state index contributed by atoms with van der Waals surface area (Å²) in [5, 5.41) is 35.5. The molecule has 0 aliphatic heterocycles. The van der Waals surface area contributed by atoms with E-state index < -0.39 is 108 Å². The van der Waals surface area contributed by atoms with Crippen molar-refractivity contribution >= 4 is 53.3 Å². The summed E-state index contributed by atoms with van der Waals surface area (Å²) in [4.78, 5) is 107. The number of benzene rings is 1. The van der Waals surface area contributed by atoms with E-state index in [1.54, 1.807) is 58.0 Å². The highest BCUT2D eigenvalue weighted by Gasteiger charge is 2.34. The fraction of sp³-hybridized carbons (Fsp3) is 0.634. The van der Waals surface area contributed by atoms with Gasteiger partial charge in [0.25, 0.3) is 0 Å². The summed E-state index contributed by atoms with van der Waals surface area (Å²) < 4.78 is 5.48. The molecule has 22 heteroatoms. The van der Waals surface area contributed by atoms with E-state index in [-0.39, 0.29) is 50.7 Å². The third kappa shape index (κ3) is 22.2. The minimum absolute atomic E-state index is 0.0564. The number of ether oxygens (including phenoxy) is 1. The van der Waals surface area contributed by atoms with Crippen LogP contribution in [0, 0.1) is 11.8 Å². The van der Waals surface area contributed by atoms with Crippen LogP contribution >= 0.6 is 0 Å². The number of amides is 6. The molecule has 354 valence electrons. The van der Waals surface area contributed by atoms with E-state index in [0.29, 0.717) is 24.9 Å². The first-order valence-electron chi connectivity index (χ1n) is 21.0. The van der Waals surface area contributed by atoms with Crippen molar-refractivity contribution in [1.82, 2.24) is 31.9 Å². The minimum Gasteiger partial charge on any atom is -0.481 e. The molecule has 0 saturated carbocycles. The Bertz CT molecular complexity index is 1690. The molecule has 1 rings (SSSR count). The molecule has 0 saturated heterocycles. The van der Waals surface area contributed by atoms with Crippen LogP contribution < -0.4 is 54.8 Å². The highest BCUT2D eigenvalue weighted by molar-refractivity contribution is 5.96. The maximum Gasteiger partial charge on any atom is 0.329 e. The number of carbonyl (C=O) groups is 8. The molecule has 0 unspecified atom stereocenters. The van der Waals surface area contributed by atoms with Crippen LogP contribution in [0.2, 0.25) is 0 Å². The van der Waals surface area contributed by atoms with Crippen molar-refractivity contribution < 1.29 is 53.3 Å². The van der Waals surface area contributed by atoms with Crippen molar-refractivity contribution in [1.29, 1.82) is 0 Å². The molecule has 0 radical (unpaired) electrons. The SMILES string of the molecule is CC(C)C[C@@H](NC(=O)[C@@H](CCC(=O)O)NC(=O)[C@H](NC(=O)[C@H](NCC[C@@H](NC(=O)[C@H](N)CCCCN=C(N)N)C(=O)OCc1ccccc1)[C@@H](C)O)C(C)C)C(=O)N[C@H](C)C(N)=O. The molecular formula is C41H69N11O11. The highest BCUT2D eigenvalue weighted by atomic mass is 16.5. The zero-order chi connectivity index (χ0) is 47.8. The molecule has 16 N–H and O–H groups in total. The summed E-state index contributed by atoms with van der Waals surface area (Å²) in [6, 6.07) is 0.267. The lowest BCUT2D eigenvalue weighted by molar-refractivity contribution is -0.149. The van der Waals surface area contributed by atoms with Crippen molar-refractivity contribution in [3.05, 3.63) is 35.9 Å². The number of guanidine groups is 1. The number of aliphatic hydroxyl groups excluding tert-OH is 1. The molecule has 6 amide bonds. The number of nitrogens with zero attached hydrogens (tertiary/aromatic N) is 1. The van der Waals surface area contributed by atoms with Gasteiger partial charge in [0.05, 0.1) is 12.1 Å². The molecule has 1 aromatic carbocycles. The van der Waals surface area contributed by atoms with E-state index in [4.69, 9.17) is 27.7 Å². The van der Waals surface area contributed by atoms with Crippen molar-refractivity contribution in [3.63, 3.8) is 0 Å². The molecule has 8 atom stereocenters. The Hall–Kier alpha value is -5.87. The van der Waals surface area contributed by atoms with Crippen LogP contribution in [0.5, 0.6) is 0 Å². The van der Waals surface area contributed by atoms with E-state index >= 15 is 0 Å². The lowest BCUT2D eigenvalue weighted by atomic mass is 10.00. The number of carbonyl (C=O) groups excluding carboxylic acids is 7. The topological polar surface area (TPSA) is 375 Å². The Morgan fingerprint density at radius 3 is 1.84 bits per heavy atom. The summed E-state index contributed by atoms with van der Waals surface area (Å²) in [7, 11) is 0. The standard InChI is InChI=1S/C41H69N11O11/c1-22(2)20-30(37(59)48-24(5)34(43)56)51-36(58)28(15-16-31(54)55)49-38(60)32(23(3)4)52-39(61)33(25(6)53)46-19-17-29(40(62)63-21-26-12-8-7-9-13-26)50-35(57)27(42)14-10-11-18-47-41(44)45/h7-9,12-13,22-25,27-30,32-33,46,53H,10-11,14-21,42H2,1-6H3,(H2,43,56)(H,48,59)(H,49,60)(H,50,57)(H,51,58)(H,52,61)(H,54,55)(H4,44,45,47)/t24-,25-,27-,28-,29-,30-,32-,33-/m1/s1. The highest BCUT2D eigenvalue weighted by Crippen LogP contribution is 2.11. The number of aliphatic hydroxyl groups is 1. The molecule has 1 aromatic rings. The van der Waals surface area contributed by atoms with E-state index in [0.717, 1.165) is 0 Å². The molecular weight excluding hydrogens is 823 g/mol. The van der Waals surface area contributed by atoms with Gasteiger partial charge in [-0.25, -0.2) is 4.79 Å². The Morgan fingerprint density at radius 1 is 0.698 bits per heavy atom. The first-order valence-corrected chi connectivity index (χ1v) is 21.0. The van der Waals surface area contributed by atoms with Crippen LogP contribution in [0.1, 0.15) is 92.1 Å². The molecule has 0 heterocycles. The van der Waals surface area contributed by atoms with Gasteiger partial charge in [-0.05, 0) is 76.3 Å². The number of nitrogens with one attached hydrogen (secondary N) is 6. The monoisotopic (exact) mass is 892 g/mol. The summed E-state index contributed by atoms with van der Waals surface area (Å²) in [5.74, 6) is -7.55. The number of hydrogen-bond acceptors (Lipinski definition) is 13. The summed E-state index contributed by atoms with van der Waals surface area (Å²) >= 11 is 0. The number of aliphatic imine (C=N–C) groups is 1. The second kappa shape index (κ2) is 28.7. The van der Waals surface area contributed by atoms with Crippen LogP contribution in [0.25, 0.3) is 0 Å². The lowest BCUT2D eigenvalue weighted by Crippen LogP contribution is -2.60.